The molecule has 17 heavy (non-hydrogen) atoms. The van der Waals surface area contributed by atoms with E-state index in [9.17, 15) is 0 Å². The van der Waals surface area contributed by atoms with Crippen LogP contribution in [0.5, 0.6) is 0 Å². The van der Waals surface area contributed by atoms with E-state index in [2.05, 4.69) is 46.4 Å². The first-order chi connectivity index (χ1) is 8.20. The number of hydrogen-bond donors (Lipinski definition) is 1. The Hall–Kier alpha value is -0.0300. The highest BCUT2D eigenvalue weighted by atomic mass is 79.9. The number of ether oxygens (including phenoxy) is 1. The summed E-state index contributed by atoms with van der Waals surface area (Å²) in [6, 6.07) is 6.58. The van der Waals surface area contributed by atoms with Crippen molar-refractivity contribution in [1.29, 1.82) is 0 Å². The average molecular weight is 316 g/mol. The molecular weight excluding hydrogens is 298 g/mol. The monoisotopic (exact) mass is 315 g/mol. The van der Waals surface area contributed by atoms with Crippen LogP contribution in [-0.4, -0.2) is 25.0 Å². The number of benzene rings is 1. The lowest BCUT2D eigenvalue weighted by atomic mass is 10.2. The zero-order valence-corrected chi connectivity index (χ0v) is 12.6. The zero-order valence-electron chi connectivity index (χ0n) is 10.2. The van der Waals surface area contributed by atoms with Gasteiger partial charge < -0.3 is 10.1 Å². The Bertz CT molecular complexity index is 386. The van der Waals surface area contributed by atoms with Crippen molar-refractivity contribution in [3.8, 4) is 0 Å². The van der Waals surface area contributed by atoms with Crippen LogP contribution in [0.15, 0.2) is 27.6 Å². The molecule has 2 rings (SSSR count). The Labute approximate surface area is 116 Å². The molecule has 0 aromatic heterocycles. The third kappa shape index (κ3) is 3.47. The normalized spacial score (nSPS) is 24.2. The summed E-state index contributed by atoms with van der Waals surface area (Å²) in [4.78, 5) is 1.31. The maximum atomic E-state index is 5.59. The summed E-state index contributed by atoms with van der Waals surface area (Å²) in [5, 5.41) is 3.75. The van der Waals surface area contributed by atoms with Crippen molar-refractivity contribution in [3.05, 3.63) is 28.2 Å². The summed E-state index contributed by atoms with van der Waals surface area (Å²) in [6.45, 7) is 3.97. The molecule has 0 spiro atoms. The van der Waals surface area contributed by atoms with Crippen LogP contribution >= 0.6 is 27.7 Å². The van der Waals surface area contributed by atoms with Crippen LogP contribution in [0, 0.1) is 0 Å². The average Bonchev–Trinajstić information content (AvgIpc) is 2.69. The lowest BCUT2D eigenvalue weighted by Crippen LogP contribution is -2.13. The maximum absolute atomic E-state index is 5.59. The molecule has 1 aromatic carbocycles. The van der Waals surface area contributed by atoms with Crippen molar-refractivity contribution in [2.75, 3.05) is 13.7 Å². The highest BCUT2D eigenvalue weighted by Gasteiger charge is 2.25. The van der Waals surface area contributed by atoms with Gasteiger partial charge in [0.2, 0.25) is 0 Å². The van der Waals surface area contributed by atoms with Gasteiger partial charge in [0, 0.05) is 27.8 Å². The predicted molar refractivity (Wildman–Crippen MR) is 76.6 cm³/mol. The van der Waals surface area contributed by atoms with Gasteiger partial charge >= 0.3 is 0 Å². The van der Waals surface area contributed by atoms with Gasteiger partial charge in [-0.2, -0.15) is 0 Å². The van der Waals surface area contributed by atoms with Crippen LogP contribution in [0.4, 0.5) is 0 Å². The molecule has 0 aliphatic carbocycles. The molecule has 0 radical (unpaired) electrons. The van der Waals surface area contributed by atoms with Crippen LogP contribution in [0.2, 0.25) is 0 Å². The Morgan fingerprint density at radius 3 is 2.94 bits per heavy atom. The third-order valence-corrected chi connectivity index (χ3v) is 5.41. The molecule has 2 nitrogen and oxygen atoms in total. The zero-order chi connectivity index (χ0) is 12.3. The molecule has 1 fully saturated rings. The van der Waals surface area contributed by atoms with E-state index in [1.165, 1.54) is 14.9 Å². The molecule has 94 valence electrons. The highest BCUT2D eigenvalue weighted by molar-refractivity contribution is 9.10. The van der Waals surface area contributed by atoms with Crippen LogP contribution in [0.1, 0.15) is 18.9 Å². The second kappa shape index (κ2) is 6.23. The van der Waals surface area contributed by atoms with Crippen LogP contribution in [0.3, 0.4) is 0 Å². The van der Waals surface area contributed by atoms with Crippen molar-refractivity contribution in [2.45, 2.75) is 36.1 Å². The lowest BCUT2D eigenvalue weighted by Gasteiger charge is -2.15. The molecule has 1 aromatic rings. The Balaban J connectivity index is 2.05. The molecule has 1 saturated heterocycles. The quantitative estimate of drug-likeness (QED) is 0.919. The van der Waals surface area contributed by atoms with E-state index < -0.39 is 0 Å². The van der Waals surface area contributed by atoms with E-state index in [4.69, 9.17) is 4.74 Å². The van der Waals surface area contributed by atoms with Gasteiger partial charge in [-0.05, 0) is 54.0 Å². The molecular formula is C13H18BrNOS. The third-order valence-electron chi connectivity index (χ3n) is 2.96. The summed E-state index contributed by atoms with van der Waals surface area (Å²) in [6.07, 6.45) is 1.51. The van der Waals surface area contributed by atoms with E-state index in [0.717, 1.165) is 19.6 Å². The fourth-order valence-corrected chi connectivity index (χ4v) is 3.82. The van der Waals surface area contributed by atoms with Gasteiger partial charge in [-0.15, -0.1) is 11.8 Å². The summed E-state index contributed by atoms with van der Waals surface area (Å²) < 4.78 is 6.78. The summed E-state index contributed by atoms with van der Waals surface area (Å²) >= 11 is 5.58. The van der Waals surface area contributed by atoms with E-state index >= 15 is 0 Å². The minimum absolute atomic E-state index is 0.365. The van der Waals surface area contributed by atoms with Crippen molar-refractivity contribution < 1.29 is 4.74 Å². The van der Waals surface area contributed by atoms with E-state index in [0.29, 0.717) is 11.4 Å². The molecule has 1 heterocycles. The molecule has 1 aliphatic heterocycles. The maximum Gasteiger partial charge on any atom is 0.0669 e. The molecule has 0 bridgehead atoms. The first kappa shape index (κ1) is 13.4. The van der Waals surface area contributed by atoms with Gasteiger partial charge in [-0.1, -0.05) is 6.07 Å². The molecule has 1 N–H and O–H groups in total. The van der Waals surface area contributed by atoms with Gasteiger partial charge in [0.25, 0.3) is 0 Å². The molecule has 4 heteroatoms. The van der Waals surface area contributed by atoms with Gasteiger partial charge in [0.05, 0.1) is 6.10 Å². The minimum atomic E-state index is 0.365. The summed E-state index contributed by atoms with van der Waals surface area (Å²) in [5.41, 5.74) is 1.31. The molecule has 2 unspecified atom stereocenters. The SMILES string of the molecule is CNCc1ccc(SC2CCOC2C)c(Br)c1. The Morgan fingerprint density at radius 1 is 1.53 bits per heavy atom. The highest BCUT2D eigenvalue weighted by Crippen LogP contribution is 2.36. The van der Waals surface area contributed by atoms with Gasteiger partial charge in [-0.25, -0.2) is 0 Å². The van der Waals surface area contributed by atoms with E-state index in [1.807, 2.05) is 18.8 Å². The fourth-order valence-electron chi connectivity index (χ4n) is 1.98. The van der Waals surface area contributed by atoms with Crippen LogP contribution in [-0.2, 0) is 11.3 Å². The molecule has 2 atom stereocenters. The van der Waals surface area contributed by atoms with Gasteiger partial charge in [0.1, 0.15) is 0 Å². The smallest absolute Gasteiger partial charge is 0.0669 e. The first-order valence-corrected chi connectivity index (χ1v) is 7.59. The van der Waals surface area contributed by atoms with Crippen molar-refractivity contribution in [3.63, 3.8) is 0 Å². The molecule has 0 saturated carbocycles. The second-order valence-electron chi connectivity index (χ2n) is 4.32. The van der Waals surface area contributed by atoms with Crippen molar-refractivity contribution in [2.24, 2.45) is 0 Å². The fraction of sp³-hybridized carbons (Fsp3) is 0.538. The number of nitrogens with one attached hydrogen (secondary N) is 1. The summed E-state index contributed by atoms with van der Waals surface area (Å²) in [5.74, 6) is 0. The number of thioether (sulfide) groups is 1. The largest absolute Gasteiger partial charge is 0.377 e. The van der Waals surface area contributed by atoms with Gasteiger partial charge in [0.15, 0.2) is 0 Å². The lowest BCUT2D eigenvalue weighted by molar-refractivity contribution is 0.127. The second-order valence-corrected chi connectivity index (χ2v) is 6.45. The predicted octanol–water partition coefficient (Wildman–Crippen LogP) is 3.44. The first-order valence-electron chi connectivity index (χ1n) is 5.92. The Morgan fingerprint density at radius 2 is 2.35 bits per heavy atom. The summed E-state index contributed by atoms with van der Waals surface area (Å²) in [7, 11) is 1.97. The van der Waals surface area contributed by atoms with Crippen LogP contribution in [0.25, 0.3) is 0 Å². The standard InChI is InChI=1S/C13H18BrNOS/c1-9-12(5-6-16-9)17-13-4-3-10(8-15-2)7-11(13)14/h3-4,7,9,12,15H,5-6,8H2,1-2H3. The number of rotatable bonds is 4. The minimum Gasteiger partial charge on any atom is -0.377 e. The van der Waals surface area contributed by atoms with E-state index in [1.54, 1.807) is 0 Å². The molecule has 0 amide bonds. The van der Waals surface area contributed by atoms with Gasteiger partial charge in [-0.3, -0.25) is 0 Å². The topological polar surface area (TPSA) is 21.3 Å². The van der Waals surface area contributed by atoms with Crippen LogP contribution < -0.4 is 5.32 Å². The molecule has 1 aliphatic rings. The number of halogens is 1. The number of hydrogen-bond acceptors (Lipinski definition) is 3. The van der Waals surface area contributed by atoms with Crippen molar-refractivity contribution in [1.82, 2.24) is 5.32 Å². The van der Waals surface area contributed by atoms with E-state index in [-0.39, 0.29) is 0 Å². The Kier molecular flexibility index (Phi) is 4.91. The van der Waals surface area contributed by atoms with Crippen molar-refractivity contribution >= 4 is 27.7 Å².